The zero-order chi connectivity index (χ0) is 14.1. The maximum atomic E-state index is 13.4. The Morgan fingerprint density at radius 3 is 3.15 bits per heavy atom. The van der Waals surface area contributed by atoms with Crippen molar-refractivity contribution in [1.29, 1.82) is 0 Å². The van der Waals surface area contributed by atoms with E-state index in [1.807, 2.05) is 6.92 Å². The fraction of sp³-hybridized carbons (Fsp3) is 0.286. The number of carbonyl (C=O) groups is 1. The molecule has 20 heavy (non-hydrogen) atoms. The normalized spacial score (nSPS) is 20.9. The number of aromatic amines is 1. The molecule has 0 aliphatic carbocycles. The van der Waals surface area contributed by atoms with Gasteiger partial charge in [-0.25, -0.2) is 14.2 Å². The fourth-order valence-electron chi connectivity index (χ4n) is 2.24. The lowest BCUT2D eigenvalue weighted by Gasteiger charge is -2.29. The SMILES string of the molecule is C[C@H]1C[C@H](OC(=O)c2cnc[nH]2)c2cc(F)ccc2O1. The summed E-state index contributed by atoms with van der Waals surface area (Å²) in [4.78, 5) is 18.4. The number of aromatic nitrogens is 2. The summed E-state index contributed by atoms with van der Waals surface area (Å²) in [5, 5.41) is 0. The van der Waals surface area contributed by atoms with E-state index in [1.165, 1.54) is 24.7 Å². The van der Waals surface area contributed by atoms with Gasteiger partial charge in [0.2, 0.25) is 0 Å². The van der Waals surface area contributed by atoms with E-state index < -0.39 is 12.1 Å². The second-order valence-electron chi connectivity index (χ2n) is 4.71. The molecule has 2 aromatic rings. The van der Waals surface area contributed by atoms with E-state index >= 15 is 0 Å². The quantitative estimate of drug-likeness (QED) is 0.856. The number of halogens is 1. The van der Waals surface area contributed by atoms with Gasteiger partial charge in [0.1, 0.15) is 23.4 Å². The number of esters is 1. The third kappa shape index (κ3) is 2.36. The molecule has 2 atom stereocenters. The molecular weight excluding hydrogens is 263 g/mol. The highest BCUT2D eigenvalue weighted by Gasteiger charge is 2.29. The number of carbonyl (C=O) groups excluding carboxylic acids is 1. The van der Waals surface area contributed by atoms with Crippen molar-refractivity contribution in [2.75, 3.05) is 0 Å². The molecule has 1 N–H and O–H groups in total. The minimum Gasteiger partial charge on any atom is -0.490 e. The summed E-state index contributed by atoms with van der Waals surface area (Å²) >= 11 is 0. The van der Waals surface area contributed by atoms with E-state index in [0.29, 0.717) is 17.7 Å². The van der Waals surface area contributed by atoms with Gasteiger partial charge in [-0.3, -0.25) is 0 Å². The van der Waals surface area contributed by atoms with Gasteiger partial charge in [-0.15, -0.1) is 0 Å². The predicted octanol–water partition coefficient (Wildman–Crippen LogP) is 2.62. The molecule has 2 heterocycles. The third-order valence-electron chi connectivity index (χ3n) is 3.16. The highest BCUT2D eigenvalue weighted by Crippen LogP contribution is 2.37. The number of hydrogen-bond acceptors (Lipinski definition) is 4. The van der Waals surface area contributed by atoms with Gasteiger partial charge in [-0.05, 0) is 25.1 Å². The fourth-order valence-corrected chi connectivity index (χ4v) is 2.24. The maximum absolute atomic E-state index is 13.4. The van der Waals surface area contributed by atoms with Crippen LogP contribution in [-0.4, -0.2) is 22.0 Å². The molecule has 0 saturated heterocycles. The van der Waals surface area contributed by atoms with E-state index in [2.05, 4.69) is 9.97 Å². The van der Waals surface area contributed by atoms with Gasteiger partial charge < -0.3 is 14.5 Å². The van der Waals surface area contributed by atoms with Crippen LogP contribution in [0.2, 0.25) is 0 Å². The molecule has 5 nitrogen and oxygen atoms in total. The van der Waals surface area contributed by atoms with Crippen LogP contribution in [0.4, 0.5) is 4.39 Å². The van der Waals surface area contributed by atoms with E-state index in [-0.39, 0.29) is 17.6 Å². The number of H-pyrrole nitrogens is 1. The van der Waals surface area contributed by atoms with Gasteiger partial charge in [0.05, 0.1) is 18.6 Å². The van der Waals surface area contributed by atoms with Gasteiger partial charge in [-0.1, -0.05) is 0 Å². The van der Waals surface area contributed by atoms with E-state index in [0.717, 1.165) is 0 Å². The summed E-state index contributed by atoms with van der Waals surface area (Å²) in [6.45, 7) is 1.88. The molecule has 104 valence electrons. The van der Waals surface area contributed by atoms with Crippen LogP contribution in [0.5, 0.6) is 5.75 Å². The van der Waals surface area contributed by atoms with Crippen LogP contribution in [0.3, 0.4) is 0 Å². The number of hydrogen-bond donors (Lipinski definition) is 1. The van der Waals surface area contributed by atoms with E-state index in [1.54, 1.807) is 6.07 Å². The molecule has 0 fully saturated rings. The monoisotopic (exact) mass is 276 g/mol. The Morgan fingerprint density at radius 1 is 1.55 bits per heavy atom. The van der Waals surface area contributed by atoms with Gasteiger partial charge in [-0.2, -0.15) is 0 Å². The van der Waals surface area contributed by atoms with Crippen LogP contribution in [0.1, 0.15) is 35.5 Å². The predicted molar refractivity (Wildman–Crippen MR) is 67.9 cm³/mol. The first kappa shape index (κ1) is 12.7. The summed E-state index contributed by atoms with van der Waals surface area (Å²) in [6, 6.07) is 4.22. The zero-order valence-electron chi connectivity index (χ0n) is 10.8. The Hall–Kier alpha value is -2.37. The molecule has 1 aliphatic heterocycles. The van der Waals surface area contributed by atoms with Crippen molar-refractivity contribution in [2.24, 2.45) is 0 Å². The maximum Gasteiger partial charge on any atom is 0.357 e. The number of nitrogens with zero attached hydrogens (tertiary/aromatic N) is 1. The molecule has 0 saturated carbocycles. The van der Waals surface area contributed by atoms with Crippen molar-refractivity contribution in [1.82, 2.24) is 9.97 Å². The van der Waals surface area contributed by atoms with Crippen molar-refractivity contribution in [3.05, 3.63) is 47.8 Å². The number of imidazole rings is 1. The van der Waals surface area contributed by atoms with Gasteiger partial charge >= 0.3 is 5.97 Å². The number of rotatable bonds is 2. The summed E-state index contributed by atoms with van der Waals surface area (Å²) in [7, 11) is 0. The van der Waals surface area contributed by atoms with Crippen molar-refractivity contribution in [2.45, 2.75) is 25.6 Å². The van der Waals surface area contributed by atoms with Crippen molar-refractivity contribution in [3.63, 3.8) is 0 Å². The van der Waals surface area contributed by atoms with Crippen LogP contribution in [0.15, 0.2) is 30.7 Å². The number of ether oxygens (including phenoxy) is 2. The second-order valence-corrected chi connectivity index (χ2v) is 4.71. The highest BCUT2D eigenvalue weighted by molar-refractivity contribution is 5.87. The second kappa shape index (κ2) is 4.96. The Kier molecular flexibility index (Phi) is 3.14. The number of benzene rings is 1. The molecule has 1 aromatic carbocycles. The van der Waals surface area contributed by atoms with Crippen molar-refractivity contribution in [3.8, 4) is 5.75 Å². The first-order valence-corrected chi connectivity index (χ1v) is 6.29. The van der Waals surface area contributed by atoms with Crippen LogP contribution in [0.25, 0.3) is 0 Å². The molecule has 0 amide bonds. The largest absolute Gasteiger partial charge is 0.490 e. The van der Waals surface area contributed by atoms with Crippen LogP contribution in [-0.2, 0) is 4.74 Å². The lowest BCUT2D eigenvalue weighted by Crippen LogP contribution is -2.26. The number of fused-ring (bicyclic) bond motifs is 1. The summed E-state index contributed by atoms with van der Waals surface area (Å²) in [5.74, 6) is -0.353. The Labute approximate surface area is 114 Å². The molecule has 0 unspecified atom stereocenters. The minimum atomic E-state index is -0.528. The van der Waals surface area contributed by atoms with E-state index in [9.17, 15) is 9.18 Å². The lowest BCUT2D eigenvalue weighted by molar-refractivity contribution is 0.00916. The van der Waals surface area contributed by atoms with Gasteiger partial charge in [0.15, 0.2) is 0 Å². The van der Waals surface area contributed by atoms with Crippen molar-refractivity contribution < 1.29 is 18.7 Å². The Bertz CT molecular complexity index is 627. The first-order valence-electron chi connectivity index (χ1n) is 6.29. The molecule has 0 radical (unpaired) electrons. The minimum absolute atomic E-state index is 0.104. The Balaban J connectivity index is 1.87. The van der Waals surface area contributed by atoms with Crippen LogP contribution < -0.4 is 4.74 Å². The molecule has 1 aliphatic rings. The summed E-state index contributed by atoms with van der Waals surface area (Å²) in [6.07, 6.45) is 2.64. The molecule has 6 heteroatoms. The molecular formula is C14H13FN2O3. The molecule has 0 bridgehead atoms. The molecule has 1 aromatic heterocycles. The average Bonchev–Trinajstić information content (AvgIpc) is 2.93. The van der Waals surface area contributed by atoms with Gasteiger partial charge in [0, 0.05) is 12.0 Å². The zero-order valence-corrected chi connectivity index (χ0v) is 10.8. The Morgan fingerprint density at radius 2 is 2.40 bits per heavy atom. The molecule has 0 spiro atoms. The van der Waals surface area contributed by atoms with Crippen LogP contribution in [0, 0.1) is 5.82 Å². The average molecular weight is 276 g/mol. The van der Waals surface area contributed by atoms with Gasteiger partial charge in [0.25, 0.3) is 0 Å². The third-order valence-corrected chi connectivity index (χ3v) is 3.16. The van der Waals surface area contributed by atoms with Crippen molar-refractivity contribution >= 4 is 5.97 Å². The topological polar surface area (TPSA) is 64.2 Å². The number of nitrogens with one attached hydrogen (secondary N) is 1. The first-order chi connectivity index (χ1) is 9.63. The smallest absolute Gasteiger partial charge is 0.357 e. The molecule has 3 rings (SSSR count). The standard InChI is InChI=1S/C14H13FN2O3/c1-8-4-13(20-14(18)11-6-16-7-17-11)10-5-9(15)2-3-12(10)19-8/h2-3,5-8,13H,4H2,1H3,(H,16,17)/t8-,13-/m0/s1. The van der Waals surface area contributed by atoms with Crippen LogP contribution >= 0.6 is 0 Å². The highest BCUT2D eigenvalue weighted by atomic mass is 19.1. The lowest BCUT2D eigenvalue weighted by atomic mass is 9.99. The summed E-state index contributed by atoms with van der Waals surface area (Å²) in [5.41, 5.74) is 0.818. The summed E-state index contributed by atoms with van der Waals surface area (Å²) < 4.78 is 24.4. The van der Waals surface area contributed by atoms with E-state index in [4.69, 9.17) is 9.47 Å².